The maximum absolute atomic E-state index is 6.49. The Morgan fingerprint density at radius 3 is 2.89 bits per heavy atom. The molecule has 2 aliphatic rings. The molecule has 2 fully saturated rings. The third kappa shape index (κ3) is 2.56. The van der Waals surface area contributed by atoms with Crippen molar-refractivity contribution in [1.82, 2.24) is 9.78 Å². The van der Waals surface area contributed by atoms with E-state index in [2.05, 4.69) is 5.10 Å². The van der Waals surface area contributed by atoms with E-state index in [-0.39, 0.29) is 11.6 Å². The highest BCUT2D eigenvalue weighted by molar-refractivity contribution is 5.08. The van der Waals surface area contributed by atoms with Crippen LogP contribution in [0, 0.1) is 5.92 Å². The number of nitrogens with two attached hydrogens (primary N) is 1. The highest BCUT2D eigenvalue weighted by atomic mass is 16.5. The third-order valence-corrected chi connectivity index (χ3v) is 5.00. The van der Waals surface area contributed by atoms with Crippen LogP contribution in [-0.2, 0) is 11.8 Å². The van der Waals surface area contributed by atoms with Crippen molar-refractivity contribution in [2.75, 3.05) is 6.61 Å². The van der Waals surface area contributed by atoms with Crippen LogP contribution in [0.15, 0.2) is 12.3 Å². The summed E-state index contributed by atoms with van der Waals surface area (Å²) in [7, 11) is 1.98. The van der Waals surface area contributed by atoms with E-state index in [0.717, 1.165) is 25.1 Å². The second kappa shape index (κ2) is 5.25. The lowest BCUT2D eigenvalue weighted by Crippen LogP contribution is -2.44. The summed E-state index contributed by atoms with van der Waals surface area (Å²) in [5.74, 6) is 0.530. The molecular weight excluding hydrogens is 238 g/mol. The van der Waals surface area contributed by atoms with Crippen molar-refractivity contribution in [3.8, 4) is 0 Å². The van der Waals surface area contributed by atoms with Gasteiger partial charge >= 0.3 is 0 Å². The fraction of sp³-hybridized carbons (Fsp3) is 0.800. The SMILES string of the molecule is Cn1nccc1C(N)C1CCOC2(CCCCC2)C1. The predicted octanol–water partition coefficient (Wildman–Crippen LogP) is 2.55. The standard InChI is InChI=1S/C15H25N3O/c1-18-13(5-9-17-18)14(16)12-6-10-19-15(11-12)7-3-2-4-8-15/h5,9,12,14H,2-4,6-8,10-11,16H2,1H3. The number of aromatic nitrogens is 2. The van der Waals surface area contributed by atoms with Crippen LogP contribution in [0.4, 0.5) is 0 Å². The van der Waals surface area contributed by atoms with Gasteiger partial charge in [0.05, 0.1) is 11.3 Å². The van der Waals surface area contributed by atoms with E-state index in [0.29, 0.717) is 5.92 Å². The zero-order valence-corrected chi connectivity index (χ0v) is 11.8. The molecule has 106 valence electrons. The van der Waals surface area contributed by atoms with Gasteiger partial charge in [0, 0.05) is 25.9 Å². The van der Waals surface area contributed by atoms with Crippen LogP contribution < -0.4 is 5.73 Å². The monoisotopic (exact) mass is 263 g/mol. The molecule has 1 aliphatic carbocycles. The molecular formula is C15H25N3O. The molecule has 1 aromatic heterocycles. The van der Waals surface area contributed by atoms with Crippen molar-refractivity contribution < 1.29 is 4.74 Å². The van der Waals surface area contributed by atoms with Crippen LogP contribution in [0.1, 0.15) is 56.7 Å². The molecule has 2 N–H and O–H groups in total. The van der Waals surface area contributed by atoms with Crippen molar-refractivity contribution in [1.29, 1.82) is 0 Å². The molecule has 0 bridgehead atoms. The van der Waals surface area contributed by atoms with Gasteiger partial charge in [-0.25, -0.2) is 0 Å². The molecule has 1 aliphatic heterocycles. The summed E-state index contributed by atoms with van der Waals surface area (Å²) in [4.78, 5) is 0. The van der Waals surface area contributed by atoms with E-state index in [1.54, 1.807) is 0 Å². The van der Waals surface area contributed by atoms with E-state index >= 15 is 0 Å². The van der Waals surface area contributed by atoms with Crippen LogP contribution in [0.25, 0.3) is 0 Å². The average Bonchev–Trinajstić information content (AvgIpc) is 2.85. The Bertz CT molecular complexity index is 417. The predicted molar refractivity (Wildman–Crippen MR) is 74.6 cm³/mol. The summed E-state index contributed by atoms with van der Waals surface area (Å²) < 4.78 is 8.07. The van der Waals surface area contributed by atoms with Crippen molar-refractivity contribution >= 4 is 0 Å². The first-order valence-corrected chi connectivity index (χ1v) is 7.58. The molecule has 1 aromatic rings. The Balaban J connectivity index is 1.72. The van der Waals surface area contributed by atoms with Gasteiger partial charge in [0.25, 0.3) is 0 Å². The minimum absolute atomic E-state index is 0.0928. The first-order chi connectivity index (χ1) is 9.20. The van der Waals surface area contributed by atoms with Gasteiger partial charge in [-0.15, -0.1) is 0 Å². The fourth-order valence-corrected chi connectivity index (χ4v) is 3.87. The number of ether oxygens (including phenoxy) is 1. The minimum atomic E-state index is 0.0928. The van der Waals surface area contributed by atoms with E-state index in [4.69, 9.17) is 10.5 Å². The van der Waals surface area contributed by atoms with E-state index in [1.165, 1.54) is 32.1 Å². The molecule has 0 amide bonds. The van der Waals surface area contributed by atoms with Crippen LogP contribution in [0.5, 0.6) is 0 Å². The summed E-state index contributed by atoms with van der Waals surface area (Å²) in [6.45, 7) is 0.871. The molecule has 1 spiro atoms. The molecule has 2 atom stereocenters. The van der Waals surface area contributed by atoms with Gasteiger partial charge in [0.15, 0.2) is 0 Å². The largest absolute Gasteiger partial charge is 0.375 e. The van der Waals surface area contributed by atoms with E-state index < -0.39 is 0 Å². The van der Waals surface area contributed by atoms with Crippen LogP contribution in [-0.4, -0.2) is 22.0 Å². The van der Waals surface area contributed by atoms with Crippen molar-refractivity contribution in [2.24, 2.45) is 18.7 Å². The summed E-state index contributed by atoms with van der Waals surface area (Å²) in [5, 5.41) is 4.24. The third-order valence-electron chi connectivity index (χ3n) is 5.00. The summed E-state index contributed by atoms with van der Waals surface area (Å²) in [6.07, 6.45) is 10.5. The lowest BCUT2D eigenvalue weighted by Gasteiger charge is -2.45. The Morgan fingerprint density at radius 1 is 1.42 bits per heavy atom. The number of rotatable bonds is 2. The maximum atomic E-state index is 6.49. The van der Waals surface area contributed by atoms with Gasteiger partial charge < -0.3 is 10.5 Å². The minimum Gasteiger partial charge on any atom is -0.375 e. The molecule has 0 radical (unpaired) electrons. The maximum Gasteiger partial charge on any atom is 0.0686 e. The van der Waals surface area contributed by atoms with Gasteiger partial charge in [0.1, 0.15) is 0 Å². The highest BCUT2D eigenvalue weighted by Crippen LogP contribution is 2.43. The Labute approximate surface area is 115 Å². The molecule has 4 nitrogen and oxygen atoms in total. The number of nitrogens with zero attached hydrogens (tertiary/aromatic N) is 2. The number of aryl methyl sites for hydroxylation is 1. The molecule has 3 rings (SSSR count). The molecule has 4 heteroatoms. The Morgan fingerprint density at radius 2 is 2.21 bits per heavy atom. The van der Waals surface area contributed by atoms with E-state index in [9.17, 15) is 0 Å². The second-order valence-corrected chi connectivity index (χ2v) is 6.25. The van der Waals surface area contributed by atoms with Gasteiger partial charge in [-0.3, -0.25) is 4.68 Å². The Kier molecular flexibility index (Phi) is 3.63. The number of hydrogen-bond donors (Lipinski definition) is 1. The van der Waals surface area contributed by atoms with Gasteiger partial charge in [-0.05, 0) is 37.7 Å². The number of hydrogen-bond acceptors (Lipinski definition) is 3. The van der Waals surface area contributed by atoms with Crippen molar-refractivity contribution in [2.45, 2.75) is 56.6 Å². The quantitative estimate of drug-likeness (QED) is 0.892. The second-order valence-electron chi connectivity index (χ2n) is 6.25. The molecule has 1 saturated carbocycles. The first-order valence-electron chi connectivity index (χ1n) is 7.58. The molecule has 2 unspecified atom stereocenters. The Hall–Kier alpha value is -0.870. The smallest absolute Gasteiger partial charge is 0.0686 e. The van der Waals surface area contributed by atoms with Gasteiger partial charge in [0.2, 0.25) is 0 Å². The van der Waals surface area contributed by atoms with Crippen LogP contribution >= 0.6 is 0 Å². The summed E-state index contributed by atoms with van der Waals surface area (Å²) in [6, 6.07) is 2.14. The molecule has 2 heterocycles. The van der Waals surface area contributed by atoms with Gasteiger partial charge in [-0.1, -0.05) is 19.3 Å². The lowest BCUT2D eigenvalue weighted by atomic mass is 9.74. The van der Waals surface area contributed by atoms with Crippen LogP contribution in [0.3, 0.4) is 0 Å². The van der Waals surface area contributed by atoms with E-state index in [1.807, 2.05) is 24.0 Å². The normalized spacial score (nSPS) is 28.4. The summed E-state index contributed by atoms with van der Waals surface area (Å²) >= 11 is 0. The topological polar surface area (TPSA) is 53.1 Å². The van der Waals surface area contributed by atoms with Gasteiger partial charge in [-0.2, -0.15) is 5.10 Å². The molecule has 0 aromatic carbocycles. The summed E-state index contributed by atoms with van der Waals surface area (Å²) in [5.41, 5.74) is 7.78. The van der Waals surface area contributed by atoms with Crippen LogP contribution in [0.2, 0.25) is 0 Å². The zero-order chi connectivity index (χ0) is 13.3. The molecule has 19 heavy (non-hydrogen) atoms. The van der Waals surface area contributed by atoms with Crippen molar-refractivity contribution in [3.05, 3.63) is 18.0 Å². The fourth-order valence-electron chi connectivity index (χ4n) is 3.87. The van der Waals surface area contributed by atoms with Crippen molar-refractivity contribution in [3.63, 3.8) is 0 Å². The zero-order valence-electron chi connectivity index (χ0n) is 11.8. The lowest BCUT2D eigenvalue weighted by molar-refractivity contribution is -0.120. The highest BCUT2D eigenvalue weighted by Gasteiger charge is 2.40. The molecule has 1 saturated heterocycles. The first kappa shape index (κ1) is 13.1. The average molecular weight is 263 g/mol.